The zero-order valence-corrected chi connectivity index (χ0v) is 14.4. The molecule has 3 heterocycles. The highest BCUT2D eigenvalue weighted by atomic mass is 16.3. The van der Waals surface area contributed by atoms with Gasteiger partial charge in [0.1, 0.15) is 5.76 Å². The molecule has 0 spiro atoms. The largest absolute Gasteiger partial charge is 0.468 e. The van der Waals surface area contributed by atoms with Gasteiger partial charge < -0.3 is 9.73 Å². The van der Waals surface area contributed by atoms with Crippen LogP contribution in [-0.4, -0.2) is 45.4 Å². The maximum atomic E-state index is 12.5. The number of nitrogens with zero attached hydrogens (tertiary/aromatic N) is 4. The molecule has 1 fully saturated rings. The van der Waals surface area contributed by atoms with Gasteiger partial charge in [0, 0.05) is 6.54 Å². The number of carbonyl (C=O) groups is 1. The van der Waals surface area contributed by atoms with Gasteiger partial charge in [-0.3, -0.25) is 9.69 Å². The van der Waals surface area contributed by atoms with E-state index in [2.05, 4.69) is 20.4 Å². The first kappa shape index (κ1) is 16.5. The number of para-hydroxylation sites is 1. The molecular formula is C19H21N5O2. The second-order valence-electron chi connectivity index (χ2n) is 6.34. The fraction of sp³-hybridized carbons (Fsp3) is 0.316. The minimum absolute atomic E-state index is 0.0422. The van der Waals surface area contributed by atoms with Crippen molar-refractivity contribution in [1.82, 2.24) is 25.2 Å². The molecule has 3 aromatic rings. The van der Waals surface area contributed by atoms with Crippen LogP contribution in [-0.2, 0) is 0 Å². The summed E-state index contributed by atoms with van der Waals surface area (Å²) in [7, 11) is 0. The van der Waals surface area contributed by atoms with E-state index in [0.717, 1.165) is 24.5 Å². The van der Waals surface area contributed by atoms with Crippen LogP contribution in [0.4, 0.5) is 0 Å². The lowest BCUT2D eigenvalue weighted by molar-refractivity contribution is 0.0928. The van der Waals surface area contributed by atoms with E-state index < -0.39 is 0 Å². The molecule has 0 aliphatic carbocycles. The number of hydrogen-bond acceptors (Lipinski definition) is 5. The first-order chi connectivity index (χ1) is 12.8. The number of benzene rings is 1. The van der Waals surface area contributed by atoms with Crippen LogP contribution in [0.5, 0.6) is 0 Å². The fourth-order valence-corrected chi connectivity index (χ4v) is 3.28. The average molecular weight is 351 g/mol. The van der Waals surface area contributed by atoms with Gasteiger partial charge in [0.25, 0.3) is 5.91 Å². The number of likely N-dealkylation sites (tertiary alicyclic amines) is 1. The summed E-state index contributed by atoms with van der Waals surface area (Å²) in [5, 5.41) is 11.4. The second kappa shape index (κ2) is 7.53. The Balaban J connectivity index is 1.43. The zero-order chi connectivity index (χ0) is 17.8. The summed E-state index contributed by atoms with van der Waals surface area (Å²) in [6.07, 6.45) is 5.51. The van der Waals surface area contributed by atoms with E-state index >= 15 is 0 Å². The summed E-state index contributed by atoms with van der Waals surface area (Å²) < 4.78 is 5.58. The third-order valence-electron chi connectivity index (χ3n) is 4.62. The lowest BCUT2D eigenvalue weighted by Crippen LogP contribution is -2.36. The molecule has 1 saturated heterocycles. The summed E-state index contributed by atoms with van der Waals surface area (Å²) in [4.78, 5) is 16.3. The van der Waals surface area contributed by atoms with Gasteiger partial charge in [-0.2, -0.15) is 9.90 Å². The van der Waals surface area contributed by atoms with Crippen molar-refractivity contribution in [2.45, 2.75) is 18.9 Å². The van der Waals surface area contributed by atoms with Crippen molar-refractivity contribution in [3.05, 3.63) is 66.4 Å². The van der Waals surface area contributed by atoms with E-state index in [1.807, 2.05) is 42.5 Å². The minimum atomic E-state index is -0.233. The van der Waals surface area contributed by atoms with Gasteiger partial charge >= 0.3 is 0 Å². The van der Waals surface area contributed by atoms with Gasteiger partial charge in [0.05, 0.1) is 24.2 Å². The SMILES string of the molecule is O=C(NC[C@@H](c1ccco1)N1CCCC1)c1cnn(-c2ccccc2)n1. The first-order valence-electron chi connectivity index (χ1n) is 8.85. The Morgan fingerprint density at radius 1 is 1.15 bits per heavy atom. The van der Waals surface area contributed by atoms with Gasteiger partial charge in [-0.25, -0.2) is 0 Å². The Labute approximate surface area is 151 Å². The summed E-state index contributed by atoms with van der Waals surface area (Å²) in [6, 6.07) is 13.4. The van der Waals surface area contributed by atoms with Crippen molar-refractivity contribution in [3.8, 4) is 5.69 Å². The summed E-state index contributed by atoms with van der Waals surface area (Å²) in [5.41, 5.74) is 1.12. The highest BCUT2D eigenvalue weighted by molar-refractivity contribution is 5.91. The van der Waals surface area contributed by atoms with Crippen LogP contribution in [0.25, 0.3) is 5.69 Å². The van der Waals surface area contributed by atoms with Crippen LogP contribution in [0, 0.1) is 0 Å². The molecule has 26 heavy (non-hydrogen) atoms. The summed E-state index contributed by atoms with van der Waals surface area (Å²) in [6.45, 7) is 2.52. The molecule has 0 unspecified atom stereocenters. The third kappa shape index (κ3) is 3.52. The smallest absolute Gasteiger partial charge is 0.273 e. The molecule has 1 amide bonds. The predicted molar refractivity (Wildman–Crippen MR) is 95.9 cm³/mol. The standard InChI is InChI=1S/C19H21N5O2/c25-19(16-13-21-24(22-16)15-7-2-1-3-8-15)20-14-17(18-9-6-12-26-18)23-10-4-5-11-23/h1-3,6-9,12-13,17H,4-5,10-11,14H2,(H,20,25)/t17-/m0/s1. The number of carbonyl (C=O) groups excluding carboxylic acids is 1. The van der Waals surface area contributed by atoms with Crippen molar-refractivity contribution in [2.24, 2.45) is 0 Å². The Morgan fingerprint density at radius 2 is 1.96 bits per heavy atom. The fourth-order valence-electron chi connectivity index (χ4n) is 3.28. The van der Waals surface area contributed by atoms with E-state index in [1.54, 1.807) is 6.26 Å². The quantitative estimate of drug-likeness (QED) is 0.738. The van der Waals surface area contributed by atoms with Crippen LogP contribution in [0.1, 0.15) is 35.1 Å². The number of aromatic nitrogens is 3. The molecule has 7 heteroatoms. The van der Waals surface area contributed by atoms with Crippen molar-refractivity contribution < 1.29 is 9.21 Å². The van der Waals surface area contributed by atoms with E-state index in [1.165, 1.54) is 23.8 Å². The highest BCUT2D eigenvalue weighted by Crippen LogP contribution is 2.24. The molecular weight excluding hydrogens is 330 g/mol. The van der Waals surface area contributed by atoms with Crippen molar-refractivity contribution >= 4 is 5.91 Å². The molecule has 0 saturated carbocycles. The molecule has 7 nitrogen and oxygen atoms in total. The van der Waals surface area contributed by atoms with Crippen LogP contribution in [0.15, 0.2) is 59.3 Å². The minimum Gasteiger partial charge on any atom is -0.468 e. The highest BCUT2D eigenvalue weighted by Gasteiger charge is 2.26. The Kier molecular flexibility index (Phi) is 4.79. The molecule has 1 atom stereocenters. The van der Waals surface area contributed by atoms with E-state index in [-0.39, 0.29) is 11.9 Å². The van der Waals surface area contributed by atoms with Gasteiger partial charge in [-0.1, -0.05) is 18.2 Å². The lowest BCUT2D eigenvalue weighted by atomic mass is 10.2. The molecule has 1 aliphatic rings. The molecule has 1 N–H and O–H groups in total. The van der Waals surface area contributed by atoms with Gasteiger partial charge in [0.15, 0.2) is 5.69 Å². The van der Waals surface area contributed by atoms with Crippen LogP contribution in [0.3, 0.4) is 0 Å². The van der Waals surface area contributed by atoms with Crippen molar-refractivity contribution in [2.75, 3.05) is 19.6 Å². The zero-order valence-electron chi connectivity index (χ0n) is 14.4. The number of amides is 1. The number of furan rings is 1. The number of rotatable bonds is 6. The maximum Gasteiger partial charge on any atom is 0.273 e. The van der Waals surface area contributed by atoms with Gasteiger partial charge in [0.2, 0.25) is 0 Å². The topological polar surface area (TPSA) is 76.2 Å². The molecule has 0 bridgehead atoms. The van der Waals surface area contributed by atoms with E-state index in [4.69, 9.17) is 4.42 Å². The van der Waals surface area contributed by atoms with Crippen LogP contribution in [0.2, 0.25) is 0 Å². The Bertz CT molecular complexity index is 838. The van der Waals surface area contributed by atoms with Crippen molar-refractivity contribution in [3.63, 3.8) is 0 Å². The summed E-state index contributed by atoms with van der Waals surface area (Å²) >= 11 is 0. The summed E-state index contributed by atoms with van der Waals surface area (Å²) in [5.74, 6) is 0.642. The molecule has 4 rings (SSSR count). The van der Waals surface area contributed by atoms with Gasteiger partial charge in [-0.15, -0.1) is 5.10 Å². The molecule has 134 valence electrons. The molecule has 2 aromatic heterocycles. The normalized spacial score (nSPS) is 15.8. The Morgan fingerprint density at radius 3 is 2.69 bits per heavy atom. The Hall–Kier alpha value is -2.93. The first-order valence-corrected chi connectivity index (χ1v) is 8.85. The predicted octanol–water partition coefficient (Wildman–Crippen LogP) is 2.43. The van der Waals surface area contributed by atoms with Crippen LogP contribution < -0.4 is 5.32 Å². The molecule has 0 radical (unpaired) electrons. The van der Waals surface area contributed by atoms with Gasteiger partial charge in [-0.05, 0) is 50.2 Å². The lowest BCUT2D eigenvalue weighted by Gasteiger charge is -2.25. The molecule has 1 aromatic carbocycles. The average Bonchev–Trinajstić information content (AvgIpc) is 3.44. The number of hydrogen-bond donors (Lipinski definition) is 1. The third-order valence-corrected chi connectivity index (χ3v) is 4.62. The van der Waals surface area contributed by atoms with Crippen LogP contribution >= 0.6 is 0 Å². The van der Waals surface area contributed by atoms with E-state index in [0.29, 0.717) is 12.2 Å². The molecule has 1 aliphatic heterocycles. The van der Waals surface area contributed by atoms with Crippen molar-refractivity contribution in [1.29, 1.82) is 0 Å². The second-order valence-corrected chi connectivity index (χ2v) is 6.34. The maximum absolute atomic E-state index is 12.5. The number of nitrogens with one attached hydrogen (secondary N) is 1. The van der Waals surface area contributed by atoms with E-state index in [9.17, 15) is 4.79 Å². The monoisotopic (exact) mass is 351 g/mol.